The fourth-order valence-corrected chi connectivity index (χ4v) is 2.04. The molecule has 18 heavy (non-hydrogen) atoms. The Balaban J connectivity index is 2.23. The lowest BCUT2D eigenvalue weighted by atomic mass is 10.2. The number of rotatable bonds is 3. The van der Waals surface area contributed by atoms with Gasteiger partial charge >= 0.3 is 5.97 Å². The van der Waals surface area contributed by atoms with E-state index in [-0.39, 0.29) is 5.69 Å². The highest BCUT2D eigenvalue weighted by atomic mass is 79.9. The summed E-state index contributed by atoms with van der Waals surface area (Å²) in [7, 11) is 1.30. The van der Waals surface area contributed by atoms with Gasteiger partial charge in [-0.25, -0.2) is 4.79 Å². The maximum absolute atomic E-state index is 11.4. The number of anilines is 1. The summed E-state index contributed by atoms with van der Waals surface area (Å²) < 4.78 is 7.21. The molecule has 1 aromatic heterocycles. The summed E-state index contributed by atoms with van der Waals surface area (Å²) in [4.78, 5) is 11.4. The molecule has 0 unspecified atom stereocenters. The molecule has 5 nitrogen and oxygen atoms in total. The summed E-state index contributed by atoms with van der Waals surface area (Å²) in [6, 6.07) is 7.84. The highest BCUT2D eigenvalue weighted by molar-refractivity contribution is 9.10. The number of nitrogens with two attached hydrogens (primary N) is 1. The summed E-state index contributed by atoms with van der Waals surface area (Å²) >= 11 is 3.40. The monoisotopic (exact) mass is 309 g/mol. The predicted molar refractivity (Wildman–Crippen MR) is 71.2 cm³/mol. The number of aromatic nitrogens is 2. The Labute approximate surface area is 113 Å². The molecule has 0 radical (unpaired) electrons. The minimum Gasteiger partial charge on any atom is -0.464 e. The molecule has 0 spiro atoms. The van der Waals surface area contributed by atoms with Crippen molar-refractivity contribution in [3.05, 3.63) is 46.2 Å². The van der Waals surface area contributed by atoms with Crippen molar-refractivity contribution in [2.24, 2.45) is 0 Å². The van der Waals surface area contributed by atoms with E-state index in [9.17, 15) is 4.79 Å². The van der Waals surface area contributed by atoms with Gasteiger partial charge < -0.3 is 10.5 Å². The number of nitrogen functional groups attached to an aromatic ring is 1. The zero-order chi connectivity index (χ0) is 13.1. The molecule has 0 saturated heterocycles. The topological polar surface area (TPSA) is 70.1 Å². The fraction of sp³-hybridized carbons (Fsp3) is 0.167. The number of hydrogen-bond donors (Lipinski definition) is 1. The van der Waals surface area contributed by atoms with Gasteiger partial charge in [-0.15, -0.1) is 0 Å². The number of nitrogens with zero attached hydrogens (tertiary/aromatic N) is 2. The van der Waals surface area contributed by atoms with Crippen LogP contribution in [0.3, 0.4) is 0 Å². The van der Waals surface area contributed by atoms with Crippen molar-refractivity contribution in [2.45, 2.75) is 6.54 Å². The lowest BCUT2D eigenvalue weighted by Crippen LogP contribution is -2.07. The zero-order valence-corrected chi connectivity index (χ0v) is 11.3. The van der Waals surface area contributed by atoms with Crippen LogP contribution in [0.4, 0.5) is 5.69 Å². The molecule has 94 valence electrons. The Morgan fingerprint density at radius 1 is 1.56 bits per heavy atom. The van der Waals surface area contributed by atoms with E-state index in [4.69, 9.17) is 5.73 Å². The third-order valence-corrected chi connectivity index (χ3v) is 2.90. The van der Waals surface area contributed by atoms with E-state index in [2.05, 4.69) is 25.8 Å². The van der Waals surface area contributed by atoms with Crippen molar-refractivity contribution in [3.8, 4) is 0 Å². The third kappa shape index (κ3) is 2.70. The SMILES string of the molecule is COC(=O)c1nn(Cc2cccc(Br)c2)cc1N. The lowest BCUT2D eigenvalue weighted by Gasteiger charge is -2.02. The van der Waals surface area contributed by atoms with Gasteiger partial charge in [-0.1, -0.05) is 28.1 Å². The van der Waals surface area contributed by atoms with Crippen LogP contribution in [0.15, 0.2) is 34.9 Å². The second kappa shape index (κ2) is 5.22. The van der Waals surface area contributed by atoms with E-state index in [1.807, 2.05) is 24.3 Å². The molecule has 0 aliphatic rings. The number of esters is 1. The van der Waals surface area contributed by atoms with Gasteiger partial charge in [0, 0.05) is 10.7 Å². The number of benzene rings is 1. The van der Waals surface area contributed by atoms with Gasteiger partial charge in [0.15, 0.2) is 5.69 Å². The Morgan fingerprint density at radius 2 is 2.33 bits per heavy atom. The number of carbonyl (C=O) groups excluding carboxylic acids is 1. The Hall–Kier alpha value is -1.82. The fourth-order valence-electron chi connectivity index (χ4n) is 1.60. The van der Waals surface area contributed by atoms with Crippen LogP contribution in [0.2, 0.25) is 0 Å². The molecule has 0 aliphatic carbocycles. The predicted octanol–water partition coefficient (Wildman–Crippen LogP) is 2.06. The smallest absolute Gasteiger partial charge is 0.360 e. The van der Waals surface area contributed by atoms with Crippen LogP contribution in [0, 0.1) is 0 Å². The standard InChI is InChI=1S/C12H12BrN3O2/c1-18-12(17)11-10(14)7-16(15-11)6-8-3-2-4-9(13)5-8/h2-5,7H,6,14H2,1H3. The highest BCUT2D eigenvalue weighted by Gasteiger charge is 2.15. The summed E-state index contributed by atoms with van der Waals surface area (Å²) in [6.45, 7) is 0.542. The number of ether oxygens (including phenoxy) is 1. The molecule has 0 bridgehead atoms. The Bertz CT molecular complexity index is 580. The van der Waals surface area contributed by atoms with E-state index in [0.717, 1.165) is 10.0 Å². The van der Waals surface area contributed by atoms with Crippen molar-refractivity contribution >= 4 is 27.6 Å². The number of hydrogen-bond acceptors (Lipinski definition) is 4. The van der Waals surface area contributed by atoms with Crippen LogP contribution < -0.4 is 5.73 Å². The van der Waals surface area contributed by atoms with Crippen LogP contribution in [-0.4, -0.2) is 22.9 Å². The van der Waals surface area contributed by atoms with Crippen molar-refractivity contribution in [1.82, 2.24) is 9.78 Å². The first kappa shape index (κ1) is 12.6. The van der Waals surface area contributed by atoms with Crippen LogP contribution in [0.5, 0.6) is 0 Å². The second-order valence-electron chi connectivity index (χ2n) is 3.75. The molecule has 0 aliphatic heterocycles. The van der Waals surface area contributed by atoms with Gasteiger partial charge in [0.2, 0.25) is 0 Å². The lowest BCUT2D eigenvalue weighted by molar-refractivity contribution is 0.0594. The van der Waals surface area contributed by atoms with E-state index >= 15 is 0 Å². The first-order chi connectivity index (χ1) is 8.60. The molecular weight excluding hydrogens is 298 g/mol. The first-order valence-electron chi connectivity index (χ1n) is 5.26. The number of methoxy groups -OCH3 is 1. The van der Waals surface area contributed by atoms with Crippen LogP contribution in [0.25, 0.3) is 0 Å². The molecule has 1 heterocycles. The van der Waals surface area contributed by atoms with Gasteiger partial charge in [0.25, 0.3) is 0 Å². The molecule has 0 atom stereocenters. The van der Waals surface area contributed by atoms with Crippen molar-refractivity contribution < 1.29 is 9.53 Å². The largest absolute Gasteiger partial charge is 0.464 e. The molecule has 0 fully saturated rings. The zero-order valence-electron chi connectivity index (χ0n) is 9.76. The van der Waals surface area contributed by atoms with E-state index < -0.39 is 5.97 Å². The van der Waals surface area contributed by atoms with Gasteiger partial charge in [-0.3, -0.25) is 4.68 Å². The minimum absolute atomic E-state index is 0.146. The average molecular weight is 310 g/mol. The van der Waals surface area contributed by atoms with Crippen LogP contribution in [0.1, 0.15) is 16.1 Å². The molecule has 0 amide bonds. The minimum atomic E-state index is -0.527. The summed E-state index contributed by atoms with van der Waals surface area (Å²) in [5.74, 6) is -0.527. The molecule has 2 N–H and O–H groups in total. The van der Waals surface area contributed by atoms with E-state index in [0.29, 0.717) is 12.2 Å². The van der Waals surface area contributed by atoms with E-state index in [1.165, 1.54) is 7.11 Å². The quantitative estimate of drug-likeness (QED) is 0.881. The Morgan fingerprint density at radius 3 is 3.00 bits per heavy atom. The second-order valence-corrected chi connectivity index (χ2v) is 4.67. The maximum atomic E-state index is 11.4. The van der Waals surface area contributed by atoms with Crippen LogP contribution in [-0.2, 0) is 11.3 Å². The molecule has 1 aromatic carbocycles. The summed E-state index contributed by atoms with van der Waals surface area (Å²) in [5.41, 5.74) is 7.23. The summed E-state index contributed by atoms with van der Waals surface area (Å²) in [5, 5.41) is 4.11. The van der Waals surface area contributed by atoms with Gasteiger partial charge in [-0.2, -0.15) is 5.10 Å². The van der Waals surface area contributed by atoms with Crippen LogP contribution >= 0.6 is 15.9 Å². The first-order valence-corrected chi connectivity index (χ1v) is 6.05. The maximum Gasteiger partial charge on any atom is 0.360 e. The number of carbonyl (C=O) groups is 1. The van der Waals surface area contributed by atoms with Gasteiger partial charge in [0.1, 0.15) is 0 Å². The van der Waals surface area contributed by atoms with Gasteiger partial charge in [-0.05, 0) is 17.7 Å². The molecule has 6 heteroatoms. The van der Waals surface area contributed by atoms with Crippen molar-refractivity contribution in [1.29, 1.82) is 0 Å². The van der Waals surface area contributed by atoms with E-state index in [1.54, 1.807) is 10.9 Å². The van der Waals surface area contributed by atoms with Crippen molar-refractivity contribution in [2.75, 3.05) is 12.8 Å². The number of halogens is 1. The molecule has 2 aromatic rings. The normalized spacial score (nSPS) is 10.3. The van der Waals surface area contributed by atoms with Crippen molar-refractivity contribution in [3.63, 3.8) is 0 Å². The third-order valence-electron chi connectivity index (χ3n) is 2.40. The summed E-state index contributed by atoms with van der Waals surface area (Å²) in [6.07, 6.45) is 1.62. The average Bonchev–Trinajstić information content (AvgIpc) is 2.69. The Kier molecular flexibility index (Phi) is 3.66. The molecular formula is C12H12BrN3O2. The highest BCUT2D eigenvalue weighted by Crippen LogP contribution is 2.15. The molecule has 2 rings (SSSR count). The molecule has 0 saturated carbocycles. The van der Waals surface area contributed by atoms with Gasteiger partial charge in [0.05, 0.1) is 19.3 Å².